The minimum Gasteiger partial charge on any atom is -0.465 e. The van der Waals surface area contributed by atoms with Gasteiger partial charge in [-0.05, 0) is 30.3 Å². The number of nitrogen functional groups attached to an aromatic ring is 1. The first-order valence-electron chi connectivity index (χ1n) is 5.80. The van der Waals surface area contributed by atoms with E-state index in [9.17, 15) is 4.79 Å². The summed E-state index contributed by atoms with van der Waals surface area (Å²) in [5.74, 6) is 0.277. The lowest BCUT2D eigenvalue weighted by molar-refractivity contribution is 0.0601. The van der Waals surface area contributed by atoms with Crippen LogP contribution in [0.25, 0.3) is 0 Å². The molecular formula is C15H12N2O3. The lowest BCUT2D eigenvalue weighted by Gasteiger charge is -2.11. The molecule has 100 valence electrons. The predicted octanol–water partition coefficient (Wildman–Crippen LogP) is 2.72. The maximum Gasteiger partial charge on any atom is 0.340 e. The summed E-state index contributed by atoms with van der Waals surface area (Å²) in [6.07, 6.45) is 0. The molecule has 5 heteroatoms. The van der Waals surface area contributed by atoms with Gasteiger partial charge in [0, 0.05) is 0 Å². The number of esters is 1. The number of methoxy groups -OCH3 is 1. The van der Waals surface area contributed by atoms with Crippen molar-refractivity contribution in [2.45, 2.75) is 0 Å². The molecule has 0 aliphatic rings. The summed E-state index contributed by atoms with van der Waals surface area (Å²) >= 11 is 0. The monoisotopic (exact) mass is 268 g/mol. The van der Waals surface area contributed by atoms with Crippen molar-refractivity contribution in [3.63, 3.8) is 0 Å². The molecular weight excluding hydrogens is 256 g/mol. The number of nitrogens with zero attached hydrogens (tertiary/aromatic N) is 1. The average molecular weight is 268 g/mol. The zero-order chi connectivity index (χ0) is 14.5. The third-order valence-corrected chi connectivity index (χ3v) is 2.66. The van der Waals surface area contributed by atoms with E-state index in [2.05, 4.69) is 4.74 Å². The van der Waals surface area contributed by atoms with Crippen molar-refractivity contribution < 1.29 is 14.3 Å². The number of carbonyl (C=O) groups is 1. The Bertz CT molecular complexity index is 690. The van der Waals surface area contributed by atoms with E-state index in [-0.39, 0.29) is 11.3 Å². The van der Waals surface area contributed by atoms with Crippen molar-refractivity contribution in [1.82, 2.24) is 0 Å². The minimum atomic E-state index is -0.529. The van der Waals surface area contributed by atoms with Gasteiger partial charge in [0.25, 0.3) is 0 Å². The molecule has 0 fully saturated rings. The van der Waals surface area contributed by atoms with Crippen LogP contribution in [0.2, 0.25) is 0 Å². The summed E-state index contributed by atoms with van der Waals surface area (Å²) in [7, 11) is 1.28. The van der Waals surface area contributed by atoms with Crippen molar-refractivity contribution in [2.24, 2.45) is 0 Å². The summed E-state index contributed by atoms with van der Waals surface area (Å²) in [5.41, 5.74) is 6.80. The zero-order valence-electron chi connectivity index (χ0n) is 10.8. The SMILES string of the molecule is COC(=O)c1cccc(Oc2cccc(C#N)c2)c1N. The summed E-state index contributed by atoms with van der Waals surface area (Å²) in [6.45, 7) is 0. The lowest BCUT2D eigenvalue weighted by Crippen LogP contribution is -2.06. The maximum atomic E-state index is 11.5. The van der Waals surface area contributed by atoms with Crippen LogP contribution in [0.4, 0.5) is 5.69 Å². The second-order valence-corrected chi connectivity index (χ2v) is 3.95. The molecule has 0 atom stereocenters. The normalized spacial score (nSPS) is 9.60. The molecule has 2 aromatic rings. The van der Waals surface area contributed by atoms with Gasteiger partial charge < -0.3 is 15.2 Å². The Balaban J connectivity index is 2.34. The van der Waals surface area contributed by atoms with Crippen molar-refractivity contribution in [3.05, 3.63) is 53.6 Å². The molecule has 0 spiro atoms. The van der Waals surface area contributed by atoms with Crippen LogP contribution in [0.15, 0.2) is 42.5 Å². The van der Waals surface area contributed by atoms with Gasteiger partial charge in [-0.2, -0.15) is 5.26 Å². The number of para-hydroxylation sites is 1. The summed E-state index contributed by atoms with van der Waals surface area (Å²) in [6, 6.07) is 13.5. The van der Waals surface area contributed by atoms with Gasteiger partial charge in [0.1, 0.15) is 5.75 Å². The first kappa shape index (κ1) is 13.4. The molecule has 20 heavy (non-hydrogen) atoms. The first-order chi connectivity index (χ1) is 9.65. The van der Waals surface area contributed by atoms with Crippen LogP contribution in [0.3, 0.4) is 0 Å². The van der Waals surface area contributed by atoms with E-state index in [0.717, 1.165) is 0 Å². The van der Waals surface area contributed by atoms with Gasteiger partial charge >= 0.3 is 5.97 Å². The fourth-order valence-electron chi connectivity index (χ4n) is 1.68. The van der Waals surface area contributed by atoms with E-state index >= 15 is 0 Å². The van der Waals surface area contributed by atoms with Crippen molar-refractivity contribution in [1.29, 1.82) is 5.26 Å². The van der Waals surface area contributed by atoms with Gasteiger partial charge in [-0.3, -0.25) is 0 Å². The number of benzene rings is 2. The van der Waals surface area contributed by atoms with Crippen LogP contribution >= 0.6 is 0 Å². The molecule has 5 nitrogen and oxygen atoms in total. The number of hydrogen-bond donors (Lipinski definition) is 1. The summed E-state index contributed by atoms with van der Waals surface area (Å²) < 4.78 is 10.2. The number of nitriles is 1. The van der Waals surface area contributed by atoms with E-state index in [1.807, 2.05) is 6.07 Å². The molecule has 0 radical (unpaired) electrons. The Hall–Kier alpha value is -3.00. The van der Waals surface area contributed by atoms with Gasteiger partial charge in [-0.25, -0.2) is 4.79 Å². The number of carbonyl (C=O) groups excluding carboxylic acids is 1. The summed E-state index contributed by atoms with van der Waals surface area (Å²) in [5, 5.41) is 8.84. The Morgan fingerprint density at radius 1 is 1.25 bits per heavy atom. The molecule has 0 saturated heterocycles. The van der Waals surface area contributed by atoms with E-state index in [4.69, 9.17) is 15.7 Å². The highest BCUT2D eigenvalue weighted by atomic mass is 16.5. The van der Waals surface area contributed by atoms with Gasteiger partial charge in [0.15, 0.2) is 5.75 Å². The molecule has 0 heterocycles. The van der Waals surface area contributed by atoms with Crippen LogP contribution < -0.4 is 10.5 Å². The molecule has 2 aromatic carbocycles. The highest BCUT2D eigenvalue weighted by Crippen LogP contribution is 2.30. The van der Waals surface area contributed by atoms with E-state index in [1.54, 1.807) is 42.5 Å². The number of hydrogen-bond acceptors (Lipinski definition) is 5. The molecule has 0 aromatic heterocycles. The van der Waals surface area contributed by atoms with Gasteiger partial charge in [-0.15, -0.1) is 0 Å². The molecule has 0 amide bonds. The third-order valence-electron chi connectivity index (χ3n) is 2.66. The Labute approximate surface area is 116 Å². The second-order valence-electron chi connectivity index (χ2n) is 3.95. The van der Waals surface area contributed by atoms with Crippen LogP contribution in [-0.2, 0) is 4.74 Å². The smallest absolute Gasteiger partial charge is 0.340 e. The number of ether oxygens (including phenoxy) is 2. The van der Waals surface area contributed by atoms with Crippen LogP contribution in [0, 0.1) is 11.3 Å². The van der Waals surface area contributed by atoms with E-state index in [1.165, 1.54) is 7.11 Å². The fourth-order valence-corrected chi connectivity index (χ4v) is 1.68. The standard InChI is InChI=1S/C15H12N2O3/c1-19-15(18)12-6-3-7-13(14(12)17)20-11-5-2-4-10(8-11)9-16/h2-8H,17H2,1H3. The molecule has 2 N–H and O–H groups in total. The van der Waals surface area contributed by atoms with E-state index in [0.29, 0.717) is 17.1 Å². The van der Waals surface area contributed by atoms with Crippen molar-refractivity contribution in [2.75, 3.05) is 12.8 Å². The highest BCUT2D eigenvalue weighted by molar-refractivity contribution is 5.96. The van der Waals surface area contributed by atoms with E-state index < -0.39 is 5.97 Å². The predicted molar refractivity (Wildman–Crippen MR) is 73.4 cm³/mol. The average Bonchev–Trinajstić information content (AvgIpc) is 2.49. The number of nitrogens with two attached hydrogens (primary N) is 1. The third kappa shape index (κ3) is 2.70. The number of rotatable bonds is 3. The van der Waals surface area contributed by atoms with Crippen molar-refractivity contribution >= 4 is 11.7 Å². The summed E-state index contributed by atoms with van der Waals surface area (Å²) in [4.78, 5) is 11.5. The Kier molecular flexibility index (Phi) is 3.87. The number of anilines is 1. The molecule has 0 aliphatic carbocycles. The molecule has 0 bridgehead atoms. The van der Waals surface area contributed by atoms with Crippen molar-refractivity contribution in [3.8, 4) is 17.6 Å². The van der Waals surface area contributed by atoms with Crippen LogP contribution in [0.1, 0.15) is 15.9 Å². The molecule has 0 unspecified atom stereocenters. The quantitative estimate of drug-likeness (QED) is 0.683. The van der Waals surface area contributed by atoms with Gasteiger partial charge in [0.05, 0.1) is 30.0 Å². The zero-order valence-corrected chi connectivity index (χ0v) is 10.8. The highest BCUT2D eigenvalue weighted by Gasteiger charge is 2.14. The lowest BCUT2D eigenvalue weighted by atomic mass is 10.1. The fraction of sp³-hybridized carbons (Fsp3) is 0.0667. The van der Waals surface area contributed by atoms with Crippen LogP contribution in [-0.4, -0.2) is 13.1 Å². The van der Waals surface area contributed by atoms with Crippen LogP contribution in [0.5, 0.6) is 11.5 Å². The second kappa shape index (κ2) is 5.76. The largest absolute Gasteiger partial charge is 0.465 e. The maximum absolute atomic E-state index is 11.5. The topological polar surface area (TPSA) is 85.3 Å². The Morgan fingerprint density at radius 2 is 2.00 bits per heavy atom. The molecule has 0 aliphatic heterocycles. The minimum absolute atomic E-state index is 0.196. The Morgan fingerprint density at radius 3 is 2.70 bits per heavy atom. The van der Waals surface area contributed by atoms with Gasteiger partial charge in [-0.1, -0.05) is 12.1 Å². The molecule has 2 rings (SSSR count). The first-order valence-corrected chi connectivity index (χ1v) is 5.80. The molecule has 0 saturated carbocycles. The van der Waals surface area contributed by atoms with Gasteiger partial charge in [0.2, 0.25) is 0 Å².